The number of pyridine rings is 1. The van der Waals surface area contributed by atoms with Crippen molar-refractivity contribution in [2.45, 2.75) is 26.8 Å². The third kappa shape index (κ3) is 2.42. The Labute approximate surface area is 79.2 Å². The van der Waals surface area contributed by atoms with Gasteiger partial charge < -0.3 is 11.5 Å². The lowest BCUT2D eigenvalue weighted by molar-refractivity contribution is 0.321. The predicted octanol–water partition coefficient (Wildman–Crippen LogP) is 1.71. The van der Waals surface area contributed by atoms with Gasteiger partial charge in [-0.15, -0.1) is 0 Å². The molecule has 1 aromatic heterocycles. The van der Waals surface area contributed by atoms with Crippen molar-refractivity contribution in [1.29, 1.82) is 0 Å². The predicted molar refractivity (Wildman–Crippen MR) is 55.0 cm³/mol. The summed E-state index contributed by atoms with van der Waals surface area (Å²) in [7, 11) is 0. The molecule has 0 aliphatic heterocycles. The molecule has 0 saturated carbocycles. The van der Waals surface area contributed by atoms with Crippen molar-refractivity contribution >= 4 is 5.69 Å². The van der Waals surface area contributed by atoms with E-state index < -0.39 is 0 Å². The number of rotatable bonds is 1. The largest absolute Gasteiger partial charge is 0.397 e. The topological polar surface area (TPSA) is 64.9 Å². The molecule has 3 heteroatoms. The zero-order valence-corrected chi connectivity index (χ0v) is 8.41. The molecule has 1 heterocycles. The number of nitrogens with zero attached hydrogens (tertiary/aromatic N) is 1. The summed E-state index contributed by atoms with van der Waals surface area (Å²) < 4.78 is 0. The maximum Gasteiger partial charge on any atom is 0.0578 e. The standard InChI is InChI=1S/C10H17N3/c1-10(2,3)9(12)8-5-4-7(11)6-13-8/h4-6,9H,11-12H2,1-3H3/t9-/m1/s1. The van der Waals surface area contributed by atoms with Gasteiger partial charge in [-0.1, -0.05) is 20.8 Å². The summed E-state index contributed by atoms with van der Waals surface area (Å²) in [5, 5.41) is 0. The highest BCUT2D eigenvalue weighted by Crippen LogP contribution is 2.29. The first-order valence-corrected chi connectivity index (χ1v) is 4.38. The second kappa shape index (κ2) is 3.34. The minimum absolute atomic E-state index is 0.0309. The summed E-state index contributed by atoms with van der Waals surface area (Å²) in [5.41, 5.74) is 13.1. The fraction of sp³-hybridized carbons (Fsp3) is 0.500. The van der Waals surface area contributed by atoms with E-state index in [1.807, 2.05) is 12.1 Å². The van der Waals surface area contributed by atoms with E-state index in [0.717, 1.165) is 5.69 Å². The second-order valence-electron chi connectivity index (χ2n) is 4.36. The van der Waals surface area contributed by atoms with Gasteiger partial charge in [0, 0.05) is 0 Å². The Morgan fingerprint density at radius 2 is 1.92 bits per heavy atom. The van der Waals surface area contributed by atoms with Gasteiger partial charge in [-0.25, -0.2) is 0 Å². The molecular weight excluding hydrogens is 162 g/mol. The molecule has 0 saturated heterocycles. The minimum atomic E-state index is -0.0481. The summed E-state index contributed by atoms with van der Waals surface area (Å²) >= 11 is 0. The molecule has 72 valence electrons. The first kappa shape index (κ1) is 9.99. The average Bonchev–Trinajstić information content (AvgIpc) is 2.03. The molecule has 0 aliphatic carbocycles. The Morgan fingerprint density at radius 1 is 1.31 bits per heavy atom. The number of aromatic nitrogens is 1. The molecule has 0 aromatic carbocycles. The number of hydrogen-bond donors (Lipinski definition) is 2. The molecule has 1 rings (SSSR count). The van der Waals surface area contributed by atoms with Gasteiger partial charge in [0.2, 0.25) is 0 Å². The number of nitrogens with two attached hydrogens (primary N) is 2. The summed E-state index contributed by atoms with van der Waals surface area (Å²) in [6, 6.07) is 3.66. The van der Waals surface area contributed by atoms with Gasteiger partial charge in [0.1, 0.15) is 0 Å². The third-order valence-corrected chi connectivity index (χ3v) is 2.06. The molecule has 0 aliphatic rings. The lowest BCUT2D eigenvalue weighted by Crippen LogP contribution is -2.27. The van der Waals surface area contributed by atoms with Gasteiger partial charge in [0.15, 0.2) is 0 Å². The van der Waals surface area contributed by atoms with Crippen molar-refractivity contribution in [1.82, 2.24) is 4.98 Å². The Hall–Kier alpha value is -1.09. The summed E-state index contributed by atoms with van der Waals surface area (Å²) in [6.07, 6.45) is 1.64. The molecule has 0 unspecified atom stereocenters. The molecule has 3 nitrogen and oxygen atoms in total. The number of nitrogen functional groups attached to an aromatic ring is 1. The molecule has 0 amide bonds. The third-order valence-electron chi connectivity index (χ3n) is 2.06. The van der Waals surface area contributed by atoms with Crippen molar-refractivity contribution in [3.8, 4) is 0 Å². The lowest BCUT2D eigenvalue weighted by atomic mass is 9.85. The van der Waals surface area contributed by atoms with Crippen LogP contribution in [0.1, 0.15) is 32.5 Å². The molecular formula is C10H17N3. The molecule has 1 atom stereocenters. The van der Waals surface area contributed by atoms with Gasteiger partial charge >= 0.3 is 0 Å². The molecule has 4 N–H and O–H groups in total. The normalized spacial score (nSPS) is 14.2. The van der Waals surface area contributed by atoms with Crippen LogP contribution in [0.2, 0.25) is 0 Å². The highest BCUT2D eigenvalue weighted by Gasteiger charge is 2.22. The Balaban J connectivity index is 2.90. The Bertz CT molecular complexity index is 271. The maximum absolute atomic E-state index is 6.02. The van der Waals surface area contributed by atoms with Crippen LogP contribution < -0.4 is 11.5 Å². The van der Waals surface area contributed by atoms with Crippen molar-refractivity contribution in [3.63, 3.8) is 0 Å². The summed E-state index contributed by atoms with van der Waals surface area (Å²) in [5.74, 6) is 0. The van der Waals surface area contributed by atoms with E-state index in [1.54, 1.807) is 6.20 Å². The van der Waals surface area contributed by atoms with Crippen molar-refractivity contribution in [2.75, 3.05) is 5.73 Å². The van der Waals surface area contributed by atoms with E-state index in [-0.39, 0.29) is 11.5 Å². The smallest absolute Gasteiger partial charge is 0.0578 e. The van der Waals surface area contributed by atoms with Crippen LogP contribution in [0.4, 0.5) is 5.69 Å². The molecule has 0 spiro atoms. The SMILES string of the molecule is CC(C)(C)[C@H](N)c1ccc(N)cn1. The van der Waals surface area contributed by atoms with Crippen LogP contribution in [0.3, 0.4) is 0 Å². The lowest BCUT2D eigenvalue weighted by Gasteiger charge is -2.26. The average molecular weight is 179 g/mol. The van der Waals surface area contributed by atoms with Crippen LogP contribution >= 0.6 is 0 Å². The van der Waals surface area contributed by atoms with E-state index in [9.17, 15) is 0 Å². The molecule has 0 radical (unpaired) electrons. The zero-order chi connectivity index (χ0) is 10.1. The van der Waals surface area contributed by atoms with E-state index in [1.165, 1.54) is 0 Å². The van der Waals surface area contributed by atoms with Crippen molar-refractivity contribution < 1.29 is 0 Å². The van der Waals surface area contributed by atoms with Crippen LogP contribution in [-0.2, 0) is 0 Å². The summed E-state index contributed by atoms with van der Waals surface area (Å²) in [6.45, 7) is 6.28. The first-order chi connectivity index (χ1) is 5.91. The van der Waals surface area contributed by atoms with Crippen LogP contribution in [0.25, 0.3) is 0 Å². The molecule has 1 aromatic rings. The van der Waals surface area contributed by atoms with Crippen LogP contribution in [0.15, 0.2) is 18.3 Å². The summed E-state index contributed by atoms with van der Waals surface area (Å²) in [4.78, 5) is 4.19. The Morgan fingerprint density at radius 3 is 2.31 bits per heavy atom. The highest BCUT2D eigenvalue weighted by molar-refractivity contribution is 5.35. The van der Waals surface area contributed by atoms with Crippen molar-refractivity contribution in [2.24, 2.45) is 11.1 Å². The molecule has 13 heavy (non-hydrogen) atoms. The zero-order valence-electron chi connectivity index (χ0n) is 8.41. The Kier molecular flexibility index (Phi) is 2.57. The van der Waals surface area contributed by atoms with Crippen molar-refractivity contribution in [3.05, 3.63) is 24.0 Å². The van der Waals surface area contributed by atoms with E-state index >= 15 is 0 Å². The molecule has 0 bridgehead atoms. The van der Waals surface area contributed by atoms with Crippen LogP contribution in [0.5, 0.6) is 0 Å². The van der Waals surface area contributed by atoms with E-state index in [4.69, 9.17) is 11.5 Å². The highest BCUT2D eigenvalue weighted by atomic mass is 14.8. The van der Waals surface area contributed by atoms with Crippen LogP contribution in [-0.4, -0.2) is 4.98 Å². The minimum Gasteiger partial charge on any atom is -0.397 e. The van der Waals surface area contributed by atoms with Crippen LogP contribution in [0, 0.1) is 5.41 Å². The number of hydrogen-bond acceptors (Lipinski definition) is 3. The quantitative estimate of drug-likeness (QED) is 0.689. The van der Waals surface area contributed by atoms with E-state index in [2.05, 4.69) is 25.8 Å². The first-order valence-electron chi connectivity index (χ1n) is 4.38. The number of anilines is 1. The van der Waals surface area contributed by atoms with Gasteiger partial charge in [0.05, 0.1) is 23.6 Å². The fourth-order valence-corrected chi connectivity index (χ4v) is 1.04. The van der Waals surface area contributed by atoms with Gasteiger partial charge in [-0.2, -0.15) is 0 Å². The van der Waals surface area contributed by atoms with E-state index in [0.29, 0.717) is 5.69 Å². The monoisotopic (exact) mass is 179 g/mol. The van der Waals surface area contributed by atoms with Gasteiger partial charge in [-0.05, 0) is 17.5 Å². The second-order valence-corrected chi connectivity index (χ2v) is 4.36. The van der Waals surface area contributed by atoms with Gasteiger partial charge in [-0.3, -0.25) is 4.98 Å². The molecule has 0 fully saturated rings. The van der Waals surface area contributed by atoms with Gasteiger partial charge in [0.25, 0.3) is 0 Å². The fourth-order valence-electron chi connectivity index (χ4n) is 1.04. The maximum atomic E-state index is 6.02.